The molecule has 0 N–H and O–H groups in total. The molecule has 0 aliphatic heterocycles. The third-order valence-corrected chi connectivity index (χ3v) is 13.9. The number of furan rings is 1. The first kappa shape index (κ1) is 35.0. The predicted molar refractivity (Wildman–Crippen MR) is 203 cm³/mol. The molecule has 1 saturated carbocycles. The van der Waals surface area contributed by atoms with Crippen LogP contribution in [0.3, 0.4) is 0 Å². The number of aromatic nitrogens is 2. The number of hydrogen-bond donors (Lipinski definition) is 0. The Labute approximate surface area is 306 Å². The number of nitrogens with zero attached hydrogens (tertiary/aromatic N) is 2. The van der Waals surface area contributed by atoms with Crippen molar-refractivity contribution in [1.82, 2.24) is 9.97 Å². The van der Waals surface area contributed by atoms with Crippen molar-refractivity contribution in [2.75, 3.05) is 0 Å². The first-order valence-electron chi connectivity index (χ1n) is 17.2. The largest absolute Gasteiger partial charge is 0 e. The summed E-state index contributed by atoms with van der Waals surface area (Å²) in [6, 6.07) is 41.9. The second-order valence-corrected chi connectivity index (χ2v) is 24.6. The van der Waals surface area contributed by atoms with Crippen molar-refractivity contribution < 1.29 is 24.5 Å². The maximum Gasteiger partial charge on any atom is 0 e. The monoisotopic (exact) mass is 881 g/mol. The minimum absolute atomic E-state index is 0. The third kappa shape index (κ3) is 7.83. The number of aryl methyl sites for hydroxylation is 1. The van der Waals surface area contributed by atoms with Crippen LogP contribution in [0, 0.1) is 25.0 Å². The van der Waals surface area contributed by atoms with Crippen molar-refractivity contribution in [3.05, 3.63) is 139 Å². The van der Waals surface area contributed by atoms with Crippen LogP contribution in [0.15, 0.2) is 120 Å². The Morgan fingerprint density at radius 2 is 1.57 bits per heavy atom. The minimum Gasteiger partial charge on any atom is 0 e. The molecule has 1 aliphatic rings. The number of pyridine rings is 2. The fourth-order valence-electron chi connectivity index (χ4n) is 7.06. The van der Waals surface area contributed by atoms with E-state index in [1.165, 1.54) is 37.7 Å². The molecule has 4 aromatic carbocycles. The molecule has 0 bridgehead atoms. The number of rotatable bonds is 6. The summed E-state index contributed by atoms with van der Waals surface area (Å²) in [5.41, 5.74) is 10.8. The summed E-state index contributed by atoms with van der Waals surface area (Å²) in [5, 5.41) is 2.27. The molecular formula is C44H42GeIrN2O-2. The molecule has 249 valence electrons. The van der Waals surface area contributed by atoms with Crippen molar-refractivity contribution in [2.45, 2.75) is 56.3 Å². The van der Waals surface area contributed by atoms with Crippen LogP contribution in [0.1, 0.15) is 36.8 Å². The molecule has 0 spiro atoms. The second kappa shape index (κ2) is 15.4. The van der Waals surface area contributed by atoms with Gasteiger partial charge >= 0.3 is 137 Å². The van der Waals surface area contributed by atoms with E-state index in [0.717, 1.165) is 61.5 Å². The van der Waals surface area contributed by atoms with Gasteiger partial charge in [-0.1, -0.05) is 72.5 Å². The van der Waals surface area contributed by atoms with Gasteiger partial charge in [0.05, 0.1) is 5.58 Å². The van der Waals surface area contributed by atoms with Gasteiger partial charge in [-0.05, 0) is 29.0 Å². The summed E-state index contributed by atoms with van der Waals surface area (Å²) in [6.45, 7) is 2.10. The molecule has 3 nitrogen and oxygen atoms in total. The summed E-state index contributed by atoms with van der Waals surface area (Å²) in [7, 11) is 0. The van der Waals surface area contributed by atoms with E-state index in [9.17, 15) is 0 Å². The van der Waals surface area contributed by atoms with Gasteiger partial charge in [0, 0.05) is 31.7 Å². The smallest absolute Gasteiger partial charge is 0 e. The Kier molecular flexibility index (Phi) is 11.0. The average Bonchev–Trinajstić information content (AvgIpc) is 3.77. The molecular weight excluding hydrogens is 837 g/mol. The normalized spacial score (nSPS) is 13.2. The Hall–Kier alpha value is -3.83. The van der Waals surface area contributed by atoms with Gasteiger partial charge in [0.25, 0.3) is 0 Å². The molecule has 0 atom stereocenters. The van der Waals surface area contributed by atoms with Crippen LogP contribution < -0.4 is 4.40 Å². The Balaban J connectivity index is 0.000000169. The first-order chi connectivity index (χ1) is 23.3. The van der Waals surface area contributed by atoms with Gasteiger partial charge in [0.1, 0.15) is 5.58 Å². The van der Waals surface area contributed by atoms with Crippen LogP contribution in [0.2, 0.25) is 17.3 Å². The van der Waals surface area contributed by atoms with Gasteiger partial charge in [-0.25, -0.2) is 0 Å². The van der Waals surface area contributed by atoms with E-state index in [-0.39, 0.29) is 20.1 Å². The van der Waals surface area contributed by atoms with E-state index >= 15 is 0 Å². The van der Waals surface area contributed by atoms with Crippen LogP contribution in [-0.4, -0.2) is 23.2 Å². The predicted octanol–water partition coefficient (Wildman–Crippen LogP) is 11.2. The summed E-state index contributed by atoms with van der Waals surface area (Å²) < 4.78 is 7.90. The minimum atomic E-state index is -1.87. The van der Waals surface area contributed by atoms with E-state index in [2.05, 4.69) is 108 Å². The van der Waals surface area contributed by atoms with Crippen molar-refractivity contribution in [3.63, 3.8) is 0 Å². The van der Waals surface area contributed by atoms with Gasteiger partial charge in [-0.3, -0.25) is 0 Å². The van der Waals surface area contributed by atoms with Gasteiger partial charge in [-0.15, -0.1) is 17.7 Å². The van der Waals surface area contributed by atoms with Crippen molar-refractivity contribution in [1.29, 1.82) is 0 Å². The zero-order valence-corrected chi connectivity index (χ0v) is 33.2. The molecule has 1 fully saturated rings. The molecule has 7 aromatic rings. The molecule has 3 aromatic heterocycles. The molecule has 0 unspecified atom stereocenters. The molecule has 1 aliphatic carbocycles. The van der Waals surface area contributed by atoms with E-state index < -0.39 is 13.3 Å². The van der Waals surface area contributed by atoms with Gasteiger partial charge in [0.15, 0.2) is 0 Å². The second-order valence-electron chi connectivity index (χ2n) is 14.1. The molecule has 0 amide bonds. The third-order valence-electron chi connectivity index (χ3n) is 9.54. The number of fused-ring (bicyclic) bond motifs is 3. The maximum absolute atomic E-state index is 6.31. The van der Waals surface area contributed by atoms with Crippen molar-refractivity contribution in [2.24, 2.45) is 5.92 Å². The maximum atomic E-state index is 6.31. The number of hydrogen-bond acceptors (Lipinski definition) is 3. The van der Waals surface area contributed by atoms with Crippen LogP contribution in [-0.2, 0) is 26.5 Å². The van der Waals surface area contributed by atoms with E-state index in [4.69, 9.17) is 9.40 Å². The van der Waals surface area contributed by atoms with Crippen LogP contribution in [0.25, 0.3) is 55.6 Å². The van der Waals surface area contributed by atoms with Gasteiger partial charge < -0.3 is 9.40 Å². The van der Waals surface area contributed by atoms with Crippen LogP contribution in [0.4, 0.5) is 0 Å². The number of benzene rings is 4. The van der Waals surface area contributed by atoms with E-state index in [0.29, 0.717) is 0 Å². The zero-order chi connectivity index (χ0) is 33.1. The SMILES string of the molecule is Cc1c[c-]c(-c2ccccn2)c2oc3cc(-c4ccccc4)ccc3c12.[CH3][Ge]([CH3])([CH3])[c]1cnc(-c2[c-]cccc2)cc1CC1CCCC1.[Ir]. The van der Waals surface area contributed by atoms with Crippen LogP contribution >= 0.6 is 0 Å². The van der Waals surface area contributed by atoms with Crippen molar-refractivity contribution in [3.8, 4) is 33.6 Å². The van der Waals surface area contributed by atoms with Gasteiger partial charge in [0.2, 0.25) is 0 Å². The average molecular weight is 880 g/mol. The van der Waals surface area contributed by atoms with E-state index in [1.807, 2.05) is 42.5 Å². The Morgan fingerprint density at radius 1 is 0.796 bits per heavy atom. The zero-order valence-electron chi connectivity index (χ0n) is 28.7. The molecule has 0 saturated heterocycles. The molecule has 1 radical (unpaired) electrons. The summed E-state index contributed by atoms with van der Waals surface area (Å²) in [4.78, 5) is 9.24. The van der Waals surface area contributed by atoms with E-state index in [1.54, 1.807) is 16.2 Å². The van der Waals surface area contributed by atoms with Crippen molar-refractivity contribution >= 4 is 39.6 Å². The Bertz CT molecular complexity index is 2150. The summed E-state index contributed by atoms with van der Waals surface area (Å²) >= 11 is -1.87. The quantitative estimate of drug-likeness (QED) is 0.123. The van der Waals surface area contributed by atoms with Gasteiger partial charge in [-0.2, -0.15) is 0 Å². The summed E-state index contributed by atoms with van der Waals surface area (Å²) in [5.74, 6) is 8.31. The fourth-order valence-corrected chi connectivity index (χ4v) is 10.4. The topological polar surface area (TPSA) is 38.9 Å². The van der Waals surface area contributed by atoms with Crippen LogP contribution in [0.5, 0.6) is 0 Å². The molecule has 49 heavy (non-hydrogen) atoms. The molecule has 8 rings (SSSR count). The fraction of sp³-hybridized carbons (Fsp3) is 0.227. The standard InChI is InChI=1S/C24H16NO.C20H26GeN.Ir/c1-16-10-12-19(21-9-5-6-14-25-21)24-23(16)20-13-11-18(15-22(20)26-24)17-7-3-2-4-8-17;1-21(2,3)19-15-22-20(17-11-5-4-6-12-17)14-18(19)13-16-9-7-8-10-16;/h2-11,13-15H,1H3;4-6,11,14-16H,7-10,13H2,1-3H3;/q2*-1;. The molecule has 5 heteroatoms. The molecule has 3 heterocycles. The summed E-state index contributed by atoms with van der Waals surface area (Å²) in [6.07, 6.45) is 10.9. The first-order valence-corrected chi connectivity index (χ1v) is 24.5. The Morgan fingerprint density at radius 3 is 2.29 bits per heavy atom.